The van der Waals surface area contributed by atoms with Crippen LogP contribution in [0.5, 0.6) is 0 Å². The van der Waals surface area contributed by atoms with Crippen molar-refractivity contribution < 1.29 is 9.59 Å². The molecular formula is C18H19Cl2N3O2S. The zero-order valence-electron chi connectivity index (χ0n) is 14.0. The lowest BCUT2D eigenvalue weighted by molar-refractivity contribution is -0.124. The quantitative estimate of drug-likeness (QED) is 0.759. The molecule has 1 aliphatic rings. The Kier molecular flexibility index (Phi) is 6.53. The lowest BCUT2D eigenvalue weighted by Gasteiger charge is -2.23. The number of thiophene rings is 1. The van der Waals surface area contributed by atoms with Crippen molar-refractivity contribution in [3.8, 4) is 0 Å². The Morgan fingerprint density at radius 2 is 2.12 bits per heavy atom. The van der Waals surface area contributed by atoms with E-state index < -0.39 is 0 Å². The van der Waals surface area contributed by atoms with Crippen LogP contribution in [0.2, 0.25) is 10.0 Å². The summed E-state index contributed by atoms with van der Waals surface area (Å²) in [5, 5.41) is 8.62. The van der Waals surface area contributed by atoms with Crippen molar-refractivity contribution in [2.45, 2.75) is 25.4 Å². The van der Waals surface area contributed by atoms with Crippen LogP contribution in [0.3, 0.4) is 0 Å². The van der Waals surface area contributed by atoms with Gasteiger partial charge in [0.25, 0.3) is 0 Å². The number of likely N-dealkylation sites (tertiary alicyclic amines) is 1. The Morgan fingerprint density at radius 1 is 1.27 bits per heavy atom. The number of anilines is 1. The van der Waals surface area contributed by atoms with E-state index in [1.165, 1.54) is 0 Å². The lowest BCUT2D eigenvalue weighted by atomic mass is 10.2. The first-order valence-electron chi connectivity index (χ1n) is 8.32. The van der Waals surface area contributed by atoms with Crippen molar-refractivity contribution in [2.75, 3.05) is 18.4 Å². The van der Waals surface area contributed by atoms with E-state index >= 15 is 0 Å². The van der Waals surface area contributed by atoms with Crippen LogP contribution in [0.25, 0.3) is 0 Å². The largest absolute Gasteiger partial charge is 0.350 e. The Labute approximate surface area is 166 Å². The molecule has 0 aliphatic carbocycles. The molecule has 2 heterocycles. The number of amides is 2. The summed E-state index contributed by atoms with van der Waals surface area (Å²) < 4.78 is 0. The molecule has 1 aliphatic heterocycles. The van der Waals surface area contributed by atoms with Crippen molar-refractivity contribution in [1.82, 2.24) is 10.2 Å². The van der Waals surface area contributed by atoms with Gasteiger partial charge >= 0.3 is 0 Å². The van der Waals surface area contributed by atoms with Crippen LogP contribution in [-0.2, 0) is 16.1 Å². The lowest BCUT2D eigenvalue weighted by Crippen LogP contribution is -2.44. The molecule has 0 unspecified atom stereocenters. The molecule has 1 atom stereocenters. The molecule has 2 amide bonds. The number of hydrogen-bond acceptors (Lipinski definition) is 4. The van der Waals surface area contributed by atoms with Gasteiger partial charge in [-0.15, -0.1) is 11.3 Å². The van der Waals surface area contributed by atoms with Crippen molar-refractivity contribution in [1.29, 1.82) is 0 Å². The van der Waals surface area contributed by atoms with Crippen LogP contribution in [0.1, 0.15) is 17.7 Å². The van der Waals surface area contributed by atoms with Crippen molar-refractivity contribution in [3.05, 3.63) is 50.6 Å². The normalized spacial score (nSPS) is 17.2. The second kappa shape index (κ2) is 8.86. The SMILES string of the molecule is O=C(CN1CCC[C@@H]1C(=O)Nc1ccc(Cl)cc1Cl)NCc1cccs1. The van der Waals surface area contributed by atoms with E-state index in [9.17, 15) is 9.59 Å². The van der Waals surface area contributed by atoms with Crippen LogP contribution >= 0.6 is 34.5 Å². The standard InChI is InChI=1S/C18H19Cl2N3O2S/c19-12-5-6-15(14(20)9-12)22-18(25)16-4-1-7-23(16)11-17(24)21-10-13-3-2-8-26-13/h2-3,5-6,8-9,16H,1,4,7,10-11H2,(H,21,24)(H,22,25)/t16-/m1/s1. The summed E-state index contributed by atoms with van der Waals surface area (Å²) in [6.45, 7) is 1.44. The van der Waals surface area contributed by atoms with Crippen LogP contribution in [0.15, 0.2) is 35.7 Å². The van der Waals surface area contributed by atoms with Gasteiger partial charge in [-0.25, -0.2) is 0 Å². The maximum absolute atomic E-state index is 12.6. The van der Waals surface area contributed by atoms with E-state index in [2.05, 4.69) is 10.6 Å². The van der Waals surface area contributed by atoms with Crippen LogP contribution in [0, 0.1) is 0 Å². The second-order valence-corrected chi connectivity index (χ2v) is 7.97. The van der Waals surface area contributed by atoms with E-state index in [1.54, 1.807) is 29.5 Å². The Morgan fingerprint density at radius 3 is 2.85 bits per heavy atom. The highest BCUT2D eigenvalue weighted by molar-refractivity contribution is 7.09. The Balaban J connectivity index is 1.55. The summed E-state index contributed by atoms with van der Waals surface area (Å²) in [4.78, 5) is 27.8. The first kappa shape index (κ1) is 19.2. The van der Waals surface area contributed by atoms with Crippen LogP contribution < -0.4 is 10.6 Å². The molecule has 0 saturated carbocycles. The smallest absolute Gasteiger partial charge is 0.241 e. The van der Waals surface area contributed by atoms with E-state index in [4.69, 9.17) is 23.2 Å². The van der Waals surface area contributed by atoms with Crippen LogP contribution in [0.4, 0.5) is 5.69 Å². The summed E-state index contributed by atoms with van der Waals surface area (Å²) in [5.41, 5.74) is 0.523. The first-order valence-corrected chi connectivity index (χ1v) is 9.95. The van der Waals surface area contributed by atoms with Gasteiger partial charge in [-0.1, -0.05) is 29.3 Å². The molecule has 1 aromatic carbocycles. The molecule has 2 aromatic rings. The molecule has 3 rings (SSSR count). The van der Waals surface area contributed by atoms with Gasteiger partial charge in [0.05, 0.1) is 29.8 Å². The number of benzene rings is 1. The molecule has 26 heavy (non-hydrogen) atoms. The summed E-state index contributed by atoms with van der Waals surface area (Å²) >= 11 is 13.6. The minimum absolute atomic E-state index is 0.0809. The van der Waals surface area contributed by atoms with E-state index in [-0.39, 0.29) is 24.4 Å². The third-order valence-corrected chi connectivity index (χ3v) is 5.67. The summed E-state index contributed by atoms with van der Waals surface area (Å²) in [6.07, 6.45) is 1.60. The zero-order valence-corrected chi connectivity index (χ0v) is 16.3. The fourth-order valence-corrected chi connectivity index (χ4v) is 4.06. The molecule has 1 aromatic heterocycles. The van der Waals surface area contributed by atoms with Gasteiger partial charge in [0.1, 0.15) is 0 Å². The Bertz CT molecular complexity index is 783. The van der Waals surface area contributed by atoms with Gasteiger partial charge < -0.3 is 10.6 Å². The molecule has 0 radical (unpaired) electrons. The highest BCUT2D eigenvalue weighted by Crippen LogP contribution is 2.26. The van der Waals surface area contributed by atoms with Gasteiger partial charge in [0, 0.05) is 9.90 Å². The number of rotatable bonds is 6. The number of carbonyl (C=O) groups is 2. The number of hydrogen-bond donors (Lipinski definition) is 2. The van der Waals surface area contributed by atoms with Gasteiger partial charge in [0.2, 0.25) is 11.8 Å². The van der Waals surface area contributed by atoms with Crippen LogP contribution in [-0.4, -0.2) is 35.8 Å². The average molecular weight is 412 g/mol. The molecule has 0 spiro atoms. The first-order chi connectivity index (χ1) is 12.5. The monoisotopic (exact) mass is 411 g/mol. The maximum atomic E-state index is 12.6. The minimum Gasteiger partial charge on any atom is -0.350 e. The predicted octanol–water partition coefficient (Wildman–Crippen LogP) is 3.77. The predicted molar refractivity (Wildman–Crippen MR) is 106 cm³/mol. The van der Waals surface area contributed by atoms with Crippen molar-refractivity contribution in [3.63, 3.8) is 0 Å². The fraction of sp³-hybridized carbons (Fsp3) is 0.333. The zero-order chi connectivity index (χ0) is 18.5. The molecular weight excluding hydrogens is 393 g/mol. The number of halogens is 2. The number of nitrogens with zero attached hydrogens (tertiary/aromatic N) is 1. The third-order valence-electron chi connectivity index (χ3n) is 4.24. The van der Waals surface area contributed by atoms with Gasteiger partial charge in [-0.05, 0) is 49.0 Å². The molecule has 1 fully saturated rings. The summed E-state index contributed by atoms with van der Waals surface area (Å²) in [6, 6.07) is 8.53. The average Bonchev–Trinajstić information content (AvgIpc) is 3.27. The van der Waals surface area contributed by atoms with Gasteiger partial charge in [-0.2, -0.15) is 0 Å². The topological polar surface area (TPSA) is 61.4 Å². The highest BCUT2D eigenvalue weighted by atomic mass is 35.5. The van der Waals surface area contributed by atoms with Gasteiger partial charge in [0.15, 0.2) is 0 Å². The van der Waals surface area contributed by atoms with Crippen molar-refractivity contribution >= 4 is 52.0 Å². The van der Waals surface area contributed by atoms with E-state index in [0.29, 0.717) is 22.3 Å². The molecule has 8 heteroatoms. The fourth-order valence-electron chi connectivity index (χ4n) is 2.96. The van der Waals surface area contributed by atoms with Crippen molar-refractivity contribution in [2.24, 2.45) is 0 Å². The third kappa shape index (κ3) is 4.98. The molecule has 138 valence electrons. The Hall–Kier alpha value is -1.60. The second-order valence-electron chi connectivity index (χ2n) is 6.10. The maximum Gasteiger partial charge on any atom is 0.241 e. The van der Waals surface area contributed by atoms with Gasteiger partial charge in [-0.3, -0.25) is 14.5 Å². The minimum atomic E-state index is -0.339. The molecule has 2 N–H and O–H groups in total. The number of nitrogens with one attached hydrogen (secondary N) is 2. The molecule has 5 nitrogen and oxygen atoms in total. The summed E-state index contributed by atoms with van der Waals surface area (Å²) in [7, 11) is 0. The molecule has 1 saturated heterocycles. The van der Waals surface area contributed by atoms with E-state index in [0.717, 1.165) is 24.3 Å². The summed E-state index contributed by atoms with van der Waals surface area (Å²) in [5.74, 6) is -0.236. The highest BCUT2D eigenvalue weighted by Gasteiger charge is 2.32. The van der Waals surface area contributed by atoms with E-state index in [1.807, 2.05) is 22.4 Å². The molecule has 0 bridgehead atoms. The number of carbonyl (C=O) groups excluding carboxylic acids is 2.